The van der Waals surface area contributed by atoms with Crippen LogP contribution in [0.1, 0.15) is 15.9 Å². The number of nitrogens with two attached hydrogens (primary N) is 2. The fraction of sp³-hybridized carbons (Fsp3) is 0. The first-order valence-corrected chi connectivity index (χ1v) is 13.5. The monoisotopic (exact) mass is 548 g/mol. The third-order valence-electron chi connectivity index (χ3n) is 6.86. The van der Waals surface area contributed by atoms with Crippen LogP contribution >= 0.6 is 0 Å². The first kappa shape index (κ1) is 26.4. The van der Waals surface area contributed by atoms with E-state index in [9.17, 15) is 4.79 Å². The SMILES string of the molecule is Nc1cccc(Oc2ccc(-c3ccccc3C(=O)c3ccccc3-c3ccc(Oc4cccc(N)c4)cc3)cc2)c1. The molecule has 42 heavy (non-hydrogen) atoms. The summed E-state index contributed by atoms with van der Waals surface area (Å²) in [5.74, 6) is 2.64. The molecule has 0 amide bonds. The maximum Gasteiger partial charge on any atom is 0.194 e. The van der Waals surface area contributed by atoms with Crippen LogP contribution in [0.3, 0.4) is 0 Å². The zero-order valence-electron chi connectivity index (χ0n) is 22.7. The van der Waals surface area contributed by atoms with Crippen LogP contribution in [-0.4, -0.2) is 5.78 Å². The van der Waals surface area contributed by atoms with Gasteiger partial charge in [-0.1, -0.05) is 84.9 Å². The molecule has 0 radical (unpaired) electrons. The predicted octanol–water partition coefficient (Wildman–Crippen LogP) is 9.00. The topological polar surface area (TPSA) is 87.6 Å². The van der Waals surface area contributed by atoms with Crippen LogP contribution in [0.15, 0.2) is 146 Å². The standard InChI is InChI=1S/C37H28N2O3/c38-27-7-5-9-31(23-27)41-29-19-15-25(16-20-29)33-11-1-3-13-35(33)37(40)36-14-4-2-12-34(36)26-17-21-30(22-18-26)42-32-10-6-8-28(39)24-32/h1-24H,38-39H2. The average Bonchev–Trinajstić information content (AvgIpc) is 3.02. The molecule has 0 atom stereocenters. The molecule has 0 fully saturated rings. The number of carbonyl (C=O) groups excluding carboxylic acids is 1. The first-order chi connectivity index (χ1) is 20.5. The summed E-state index contributed by atoms with van der Waals surface area (Å²) in [6.45, 7) is 0. The Labute approximate surface area is 244 Å². The molecule has 0 aromatic heterocycles. The van der Waals surface area contributed by atoms with Crippen molar-refractivity contribution in [2.75, 3.05) is 11.5 Å². The fourth-order valence-corrected chi connectivity index (χ4v) is 4.84. The molecule has 0 saturated heterocycles. The number of rotatable bonds is 8. The van der Waals surface area contributed by atoms with E-state index >= 15 is 0 Å². The first-order valence-electron chi connectivity index (χ1n) is 13.5. The average molecular weight is 549 g/mol. The van der Waals surface area contributed by atoms with Gasteiger partial charge in [0.2, 0.25) is 0 Å². The second-order valence-electron chi connectivity index (χ2n) is 9.82. The van der Waals surface area contributed by atoms with Crippen LogP contribution in [-0.2, 0) is 0 Å². The van der Waals surface area contributed by atoms with E-state index in [1.807, 2.05) is 133 Å². The molecule has 6 aromatic rings. The Morgan fingerprint density at radius 3 is 1.24 bits per heavy atom. The van der Waals surface area contributed by atoms with Crippen molar-refractivity contribution in [2.45, 2.75) is 0 Å². The Kier molecular flexibility index (Phi) is 7.38. The lowest BCUT2D eigenvalue weighted by Gasteiger charge is -2.14. The molecule has 0 aliphatic heterocycles. The lowest BCUT2D eigenvalue weighted by Crippen LogP contribution is -2.05. The summed E-state index contributed by atoms with van der Waals surface area (Å²) in [5.41, 5.74) is 17.8. The normalized spacial score (nSPS) is 10.7. The number of carbonyl (C=O) groups is 1. The van der Waals surface area contributed by atoms with Crippen LogP contribution in [0, 0.1) is 0 Å². The number of benzene rings is 6. The van der Waals surface area contributed by atoms with Crippen LogP contribution in [0.4, 0.5) is 11.4 Å². The van der Waals surface area contributed by atoms with Crippen LogP contribution in [0.2, 0.25) is 0 Å². The Balaban J connectivity index is 1.26. The zero-order chi connectivity index (χ0) is 28.9. The summed E-state index contributed by atoms with van der Waals surface area (Å²) in [5, 5.41) is 0. The van der Waals surface area contributed by atoms with Gasteiger partial charge in [-0.15, -0.1) is 0 Å². The van der Waals surface area contributed by atoms with Gasteiger partial charge >= 0.3 is 0 Å². The molecule has 0 spiro atoms. The number of hydrogen-bond acceptors (Lipinski definition) is 5. The van der Waals surface area contributed by atoms with Gasteiger partial charge in [-0.2, -0.15) is 0 Å². The van der Waals surface area contributed by atoms with Crippen LogP contribution in [0.5, 0.6) is 23.0 Å². The third-order valence-corrected chi connectivity index (χ3v) is 6.86. The minimum absolute atomic E-state index is 0.0543. The summed E-state index contributed by atoms with van der Waals surface area (Å²) >= 11 is 0. The Morgan fingerprint density at radius 2 is 0.833 bits per heavy atom. The Morgan fingerprint density at radius 1 is 0.429 bits per heavy atom. The predicted molar refractivity (Wildman–Crippen MR) is 169 cm³/mol. The molecule has 0 heterocycles. The quantitative estimate of drug-likeness (QED) is 0.146. The number of ether oxygens (including phenoxy) is 2. The van der Waals surface area contributed by atoms with E-state index in [0.29, 0.717) is 45.5 Å². The molecule has 6 rings (SSSR count). The number of anilines is 2. The van der Waals surface area contributed by atoms with Gasteiger partial charge < -0.3 is 20.9 Å². The second kappa shape index (κ2) is 11.7. The molecule has 0 saturated carbocycles. The minimum Gasteiger partial charge on any atom is -0.457 e. The van der Waals surface area contributed by atoms with Gasteiger partial charge in [-0.05, 0) is 70.8 Å². The smallest absolute Gasteiger partial charge is 0.194 e. The molecule has 6 aromatic carbocycles. The van der Waals surface area contributed by atoms with Gasteiger partial charge in [0.15, 0.2) is 5.78 Å². The number of nitrogen functional groups attached to an aromatic ring is 2. The van der Waals surface area contributed by atoms with E-state index in [-0.39, 0.29) is 5.78 Å². The highest BCUT2D eigenvalue weighted by Gasteiger charge is 2.18. The van der Waals surface area contributed by atoms with E-state index in [0.717, 1.165) is 22.3 Å². The van der Waals surface area contributed by atoms with E-state index < -0.39 is 0 Å². The molecule has 0 aliphatic carbocycles. The lowest BCUT2D eigenvalue weighted by atomic mass is 9.90. The number of hydrogen-bond donors (Lipinski definition) is 2. The van der Waals surface area contributed by atoms with Crippen molar-refractivity contribution in [3.8, 4) is 45.3 Å². The van der Waals surface area contributed by atoms with Crippen molar-refractivity contribution in [2.24, 2.45) is 0 Å². The lowest BCUT2D eigenvalue weighted by molar-refractivity contribution is 0.104. The van der Waals surface area contributed by atoms with Gasteiger partial charge in [-0.3, -0.25) is 4.79 Å². The molecule has 0 bridgehead atoms. The maximum atomic E-state index is 14.0. The number of ketones is 1. The molecule has 0 unspecified atom stereocenters. The highest BCUT2D eigenvalue weighted by Crippen LogP contribution is 2.33. The van der Waals surface area contributed by atoms with E-state index in [1.54, 1.807) is 12.1 Å². The van der Waals surface area contributed by atoms with Crippen LogP contribution < -0.4 is 20.9 Å². The second-order valence-corrected chi connectivity index (χ2v) is 9.82. The molecule has 5 nitrogen and oxygen atoms in total. The van der Waals surface area contributed by atoms with Crippen molar-refractivity contribution < 1.29 is 14.3 Å². The summed E-state index contributed by atoms with van der Waals surface area (Å²) in [4.78, 5) is 14.0. The third kappa shape index (κ3) is 5.86. The van der Waals surface area contributed by atoms with Gasteiger partial charge in [-0.25, -0.2) is 0 Å². The highest BCUT2D eigenvalue weighted by molar-refractivity contribution is 6.16. The van der Waals surface area contributed by atoms with Gasteiger partial charge in [0.1, 0.15) is 23.0 Å². The van der Waals surface area contributed by atoms with Crippen molar-refractivity contribution in [3.05, 3.63) is 157 Å². The highest BCUT2D eigenvalue weighted by atomic mass is 16.5. The molecular formula is C37H28N2O3. The molecule has 4 N–H and O–H groups in total. The Hall–Kier alpha value is -5.81. The van der Waals surface area contributed by atoms with Crippen molar-refractivity contribution >= 4 is 17.2 Å². The summed E-state index contributed by atoms with van der Waals surface area (Å²) in [6.07, 6.45) is 0. The van der Waals surface area contributed by atoms with Crippen molar-refractivity contribution in [1.82, 2.24) is 0 Å². The maximum absolute atomic E-state index is 14.0. The van der Waals surface area contributed by atoms with E-state index in [2.05, 4.69) is 0 Å². The molecule has 5 heteroatoms. The molecular weight excluding hydrogens is 520 g/mol. The summed E-state index contributed by atoms with van der Waals surface area (Å²) in [7, 11) is 0. The summed E-state index contributed by atoms with van der Waals surface area (Å²) in [6, 6.07) is 45.3. The van der Waals surface area contributed by atoms with E-state index in [4.69, 9.17) is 20.9 Å². The minimum atomic E-state index is -0.0543. The van der Waals surface area contributed by atoms with Crippen molar-refractivity contribution in [1.29, 1.82) is 0 Å². The Bertz CT molecular complexity index is 1730. The largest absolute Gasteiger partial charge is 0.457 e. The van der Waals surface area contributed by atoms with Crippen molar-refractivity contribution in [3.63, 3.8) is 0 Å². The van der Waals surface area contributed by atoms with Crippen LogP contribution in [0.25, 0.3) is 22.3 Å². The fourth-order valence-electron chi connectivity index (χ4n) is 4.84. The van der Waals surface area contributed by atoms with Gasteiger partial charge in [0.25, 0.3) is 0 Å². The molecule has 204 valence electrons. The van der Waals surface area contributed by atoms with Gasteiger partial charge in [0, 0.05) is 34.6 Å². The van der Waals surface area contributed by atoms with E-state index in [1.165, 1.54) is 0 Å². The van der Waals surface area contributed by atoms with Gasteiger partial charge in [0.05, 0.1) is 0 Å². The zero-order valence-corrected chi connectivity index (χ0v) is 22.7. The molecule has 0 aliphatic rings. The summed E-state index contributed by atoms with van der Waals surface area (Å²) < 4.78 is 11.9.